The highest BCUT2D eigenvalue weighted by atomic mass is 32.5. The molecule has 10 heavy (non-hydrogen) atoms. The molecule has 1 fully saturated rings. The van der Waals surface area contributed by atoms with Crippen molar-refractivity contribution in [3.05, 3.63) is 0 Å². The molecule has 0 amide bonds. The fourth-order valence-corrected chi connectivity index (χ4v) is 1.97. The monoisotopic (exact) mass is 176 g/mol. The summed E-state index contributed by atoms with van der Waals surface area (Å²) in [5, 5.41) is 0. The second kappa shape index (κ2) is 3.02. The van der Waals surface area contributed by atoms with Gasteiger partial charge < -0.3 is 9.05 Å². The summed E-state index contributed by atoms with van der Waals surface area (Å²) in [5.41, 5.74) is 0. The van der Waals surface area contributed by atoms with E-state index in [-0.39, 0.29) is 5.92 Å². The van der Waals surface area contributed by atoms with E-state index in [1.807, 2.05) is 6.66 Å². The van der Waals surface area contributed by atoms with Gasteiger partial charge in [0, 0.05) is 6.66 Å². The molecule has 1 heterocycles. The summed E-state index contributed by atoms with van der Waals surface area (Å²) in [5.74, 6) is 2.66. The van der Waals surface area contributed by atoms with Crippen LogP contribution in [0.15, 0.2) is 0 Å². The lowest BCUT2D eigenvalue weighted by Crippen LogP contribution is -2.18. The number of terminal acetylenes is 1. The highest BCUT2D eigenvalue weighted by Crippen LogP contribution is 2.47. The maximum Gasteiger partial charge on any atom is 0.185 e. The first-order valence-corrected chi connectivity index (χ1v) is 6.05. The Morgan fingerprint density at radius 2 is 2.10 bits per heavy atom. The molecule has 2 nitrogen and oxygen atoms in total. The van der Waals surface area contributed by atoms with E-state index in [0.29, 0.717) is 13.2 Å². The molecule has 0 aromatic carbocycles. The molecule has 1 aliphatic rings. The summed E-state index contributed by atoms with van der Waals surface area (Å²) in [6, 6.07) is 0. The summed E-state index contributed by atoms with van der Waals surface area (Å²) >= 11 is 4.99. The molecule has 0 radical (unpaired) electrons. The van der Waals surface area contributed by atoms with Gasteiger partial charge in [-0.25, -0.2) is 0 Å². The third kappa shape index (κ3) is 2.07. The Balaban J connectivity index is 2.48. The van der Waals surface area contributed by atoms with E-state index < -0.39 is 6.49 Å². The fourth-order valence-electron chi connectivity index (χ4n) is 0.632. The molecule has 0 aliphatic carbocycles. The maximum absolute atomic E-state index is 5.23. The van der Waals surface area contributed by atoms with E-state index in [9.17, 15) is 0 Å². The van der Waals surface area contributed by atoms with Crippen LogP contribution in [0.25, 0.3) is 0 Å². The lowest BCUT2D eigenvalue weighted by Gasteiger charge is -2.26. The van der Waals surface area contributed by atoms with Crippen molar-refractivity contribution in [1.82, 2.24) is 0 Å². The van der Waals surface area contributed by atoms with E-state index in [2.05, 4.69) is 5.92 Å². The summed E-state index contributed by atoms with van der Waals surface area (Å²) in [6.07, 6.45) is 5.16. The minimum atomic E-state index is -1.90. The first kappa shape index (κ1) is 8.23. The second-order valence-corrected chi connectivity index (χ2v) is 6.28. The molecule has 1 saturated heterocycles. The predicted molar refractivity (Wildman–Crippen MR) is 44.4 cm³/mol. The maximum atomic E-state index is 5.23. The van der Waals surface area contributed by atoms with Gasteiger partial charge in [0.25, 0.3) is 0 Å². The number of rotatable bonds is 0. The van der Waals surface area contributed by atoms with E-state index in [0.717, 1.165) is 0 Å². The van der Waals surface area contributed by atoms with Crippen molar-refractivity contribution in [1.29, 1.82) is 0 Å². The van der Waals surface area contributed by atoms with Gasteiger partial charge in [0.05, 0.1) is 19.1 Å². The normalized spacial score (nSPS) is 40.6. The van der Waals surface area contributed by atoms with Crippen LogP contribution in [-0.4, -0.2) is 19.9 Å². The predicted octanol–water partition coefficient (Wildman–Crippen LogP) is 1.22. The molecule has 0 unspecified atom stereocenters. The molecule has 4 heteroatoms. The Kier molecular flexibility index (Phi) is 2.49. The van der Waals surface area contributed by atoms with Crippen LogP contribution in [0.2, 0.25) is 0 Å². The third-order valence-corrected chi connectivity index (χ3v) is 3.12. The van der Waals surface area contributed by atoms with Crippen LogP contribution in [0.3, 0.4) is 0 Å². The van der Waals surface area contributed by atoms with Gasteiger partial charge in [-0.1, -0.05) is 5.92 Å². The SMILES string of the molecule is C#CC1COP(C)(=S)OC1. The van der Waals surface area contributed by atoms with Crippen molar-refractivity contribution in [2.24, 2.45) is 5.92 Å². The van der Waals surface area contributed by atoms with E-state index in [1.54, 1.807) is 0 Å². The Morgan fingerprint density at radius 1 is 1.60 bits per heavy atom. The van der Waals surface area contributed by atoms with Crippen molar-refractivity contribution < 1.29 is 9.05 Å². The van der Waals surface area contributed by atoms with Crippen LogP contribution >= 0.6 is 6.49 Å². The van der Waals surface area contributed by atoms with Crippen LogP contribution in [0, 0.1) is 18.3 Å². The first-order chi connectivity index (χ1) is 4.64. The number of hydrogen-bond acceptors (Lipinski definition) is 3. The lowest BCUT2D eigenvalue weighted by molar-refractivity contribution is 0.149. The summed E-state index contributed by atoms with van der Waals surface area (Å²) in [4.78, 5) is 0. The largest absolute Gasteiger partial charge is 0.328 e. The molecule has 0 saturated carbocycles. The minimum absolute atomic E-state index is 0.0935. The molecule has 0 N–H and O–H groups in total. The van der Waals surface area contributed by atoms with Gasteiger partial charge in [-0.3, -0.25) is 0 Å². The van der Waals surface area contributed by atoms with Crippen LogP contribution < -0.4 is 0 Å². The van der Waals surface area contributed by atoms with Gasteiger partial charge in [0.2, 0.25) is 0 Å². The summed E-state index contributed by atoms with van der Waals surface area (Å²) in [7, 11) is 0. The van der Waals surface area contributed by atoms with Crippen LogP contribution in [0.1, 0.15) is 0 Å². The molecule has 0 spiro atoms. The van der Waals surface area contributed by atoms with Crippen molar-refractivity contribution in [2.45, 2.75) is 0 Å². The Morgan fingerprint density at radius 3 is 2.50 bits per heavy atom. The van der Waals surface area contributed by atoms with Crippen LogP contribution in [-0.2, 0) is 20.9 Å². The average Bonchev–Trinajstić information content (AvgIpc) is 1.88. The van der Waals surface area contributed by atoms with Crippen molar-refractivity contribution in [3.8, 4) is 12.3 Å². The standard InChI is InChI=1S/C6H9O2PS/c1-3-6-4-7-9(2,10)8-5-6/h1,6H,4-5H2,2H3. The van der Waals surface area contributed by atoms with Gasteiger partial charge in [0.15, 0.2) is 6.49 Å². The van der Waals surface area contributed by atoms with Crippen LogP contribution in [0.4, 0.5) is 0 Å². The molecule has 1 aliphatic heterocycles. The van der Waals surface area contributed by atoms with Crippen molar-refractivity contribution >= 4 is 18.3 Å². The van der Waals surface area contributed by atoms with E-state index >= 15 is 0 Å². The Bertz CT molecular complexity index is 196. The molecule has 1 rings (SSSR count). The van der Waals surface area contributed by atoms with Gasteiger partial charge in [0.1, 0.15) is 0 Å². The highest BCUT2D eigenvalue weighted by Gasteiger charge is 2.21. The summed E-state index contributed by atoms with van der Waals surface area (Å²) in [6.45, 7) is 1.03. The first-order valence-electron chi connectivity index (χ1n) is 2.97. The quantitative estimate of drug-likeness (QED) is 0.408. The zero-order chi connectivity index (χ0) is 7.61. The highest BCUT2D eigenvalue weighted by molar-refractivity contribution is 8.09. The van der Waals surface area contributed by atoms with Gasteiger partial charge in [-0.05, 0) is 11.8 Å². The Labute approximate surface area is 66.1 Å². The molecule has 0 aromatic rings. The van der Waals surface area contributed by atoms with E-state index in [4.69, 9.17) is 27.3 Å². The molecule has 0 bridgehead atoms. The zero-order valence-corrected chi connectivity index (χ0v) is 7.45. The molecular weight excluding hydrogens is 167 g/mol. The smallest absolute Gasteiger partial charge is 0.185 e. The molecular formula is C6H9O2PS. The van der Waals surface area contributed by atoms with Crippen LogP contribution in [0.5, 0.6) is 0 Å². The van der Waals surface area contributed by atoms with Gasteiger partial charge in [-0.2, -0.15) is 0 Å². The fraction of sp³-hybridized carbons (Fsp3) is 0.667. The third-order valence-electron chi connectivity index (χ3n) is 1.26. The molecule has 56 valence electrons. The van der Waals surface area contributed by atoms with Crippen molar-refractivity contribution in [2.75, 3.05) is 19.9 Å². The summed E-state index contributed by atoms with van der Waals surface area (Å²) < 4.78 is 10.5. The average molecular weight is 176 g/mol. The lowest BCUT2D eigenvalue weighted by atomic mass is 10.2. The second-order valence-electron chi connectivity index (χ2n) is 2.23. The van der Waals surface area contributed by atoms with Crippen molar-refractivity contribution in [3.63, 3.8) is 0 Å². The number of hydrogen-bond donors (Lipinski definition) is 0. The van der Waals surface area contributed by atoms with Gasteiger partial charge >= 0.3 is 0 Å². The Hall–Kier alpha value is 0.130. The topological polar surface area (TPSA) is 18.5 Å². The zero-order valence-electron chi connectivity index (χ0n) is 5.74. The molecule has 0 aromatic heterocycles. The van der Waals surface area contributed by atoms with Gasteiger partial charge in [-0.15, -0.1) is 6.42 Å². The molecule has 0 atom stereocenters. The minimum Gasteiger partial charge on any atom is -0.328 e. The van der Waals surface area contributed by atoms with E-state index in [1.165, 1.54) is 0 Å².